The molecule has 3 aromatic rings. The van der Waals surface area contributed by atoms with Gasteiger partial charge in [0.1, 0.15) is 0 Å². The van der Waals surface area contributed by atoms with Crippen molar-refractivity contribution < 1.29 is 0 Å². The maximum absolute atomic E-state index is 2.54. The summed E-state index contributed by atoms with van der Waals surface area (Å²) in [6.07, 6.45) is 9.86. The highest BCUT2D eigenvalue weighted by Gasteiger charge is 2.25. The Hall–Kier alpha value is -2.34. The molecule has 0 amide bonds. The van der Waals surface area contributed by atoms with Crippen LogP contribution in [0, 0.1) is 18.8 Å². The molecule has 1 aliphatic rings. The van der Waals surface area contributed by atoms with E-state index in [0.29, 0.717) is 5.92 Å². The summed E-state index contributed by atoms with van der Waals surface area (Å²) < 4.78 is 0. The van der Waals surface area contributed by atoms with Crippen molar-refractivity contribution >= 4 is 0 Å². The van der Waals surface area contributed by atoms with Gasteiger partial charge in [0.15, 0.2) is 0 Å². The van der Waals surface area contributed by atoms with Crippen LogP contribution in [0.2, 0.25) is 0 Å². The molecular formula is C37H50. The predicted molar refractivity (Wildman–Crippen MR) is 162 cm³/mol. The number of aryl methyl sites for hydroxylation is 2. The molecule has 0 spiro atoms. The SMILES string of the molecule is CCc1cc(C2CCC(C)CC2)ccc1Cc1ccc(C)c(Cc2ccccc2C(C)(C)CC(C)C)c1. The molecular weight excluding hydrogens is 444 g/mol. The summed E-state index contributed by atoms with van der Waals surface area (Å²) in [6, 6.07) is 23.7. The van der Waals surface area contributed by atoms with E-state index in [9.17, 15) is 0 Å². The van der Waals surface area contributed by atoms with E-state index in [4.69, 9.17) is 0 Å². The topological polar surface area (TPSA) is 0 Å². The smallest absolute Gasteiger partial charge is 0.00201 e. The largest absolute Gasteiger partial charge is 0.0627 e. The lowest BCUT2D eigenvalue weighted by Gasteiger charge is -2.30. The molecule has 0 nitrogen and oxygen atoms in total. The van der Waals surface area contributed by atoms with Crippen LogP contribution in [0.1, 0.15) is 124 Å². The molecule has 198 valence electrons. The maximum atomic E-state index is 2.54. The van der Waals surface area contributed by atoms with Crippen LogP contribution in [0.4, 0.5) is 0 Å². The van der Waals surface area contributed by atoms with Crippen LogP contribution < -0.4 is 0 Å². The van der Waals surface area contributed by atoms with Gasteiger partial charge in [-0.15, -0.1) is 0 Å². The van der Waals surface area contributed by atoms with Gasteiger partial charge in [-0.1, -0.05) is 115 Å². The third-order valence-corrected chi connectivity index (χ3v) is 8.95. The first-order valence-corrected chi connectivity index (χ1v) is 14.9. The molecule has 0 saturated heterocycles. The molecule has 1 fully saturated rings. The van der Waals surface area contributed by atoms with Gasteiger partial charge in [0.05, 0.1) is 0 Å². The Balaban J connectivity index is 1.56. The van der Waals surface area contributed by atoms with E-state index in [-0.39, 0.29) is 5.41 Å². The van der Waals surface area contributed by atoms with Crippen molar-refractivity contribution in [1.29, 1.82) is 0 Å². The number of hydrogen-bond donors (Lipinski definition) is 0. The van der Waals surface area contributed by atoms with E-state index < -0.39 is 0 Å². The van der Waals surface area contributed by atoms with Gasteiger partial charge in [0.2, 0.25) is 0 Å². The molecule has 1 saturated carbocycles. The molecule has 3 aromatic carbocycles. The molecule has 1 aliphatic carbocycles. The van der Waals surface area contributed by atoms with Gasteiger partial charge in [-0.05, 0) is 113 Å². The quantitative estimate of drug-likeness (QED) is 0.277. The van der Waals surface area contributed by atoms with Crippen LogP contribution in [0.15, 0.2) is 60.7 Å². The van der Waals surface area contributed by atoms with Gasteiger partial charge in [0, 0.05) is 0 Å². The molecule has 0 N–H and O–H groups in total. The van der Waals surface area contributed by atoms with Crippen molar-refractivity contribution in [3.63, 3.8) is 0 Å². The minimum atomic E-state index is 0.185. The maximum Gasteiger partial charge on any atom is -0.00201 e. The summed E-state index contributed by atoms with van der Waals surface area (Å²) in [5.74, 6) is 2.36. The molecule has 0 heteroatoms. The Labute approximate surface area is 227 Å². The van der Waals surface area contributed by atoms with Crippen LogP contribution in [0.3, 0.4) is 0 Å². The lowest BCUT2D eigenvalue weighted by atomic mass is 9.75. The highest BCUT2D eigenvalue weighted by atomic mass is 14.3. The van der Waals surface area contributed by atoms with E-state index in [1.807, 2.05) is 0 Å². The van der Waals surface area contributed by atoms with Gasteiger partial charge in [-0.2, -0.15) is 0 Å². The second kappa shape index (κ2) is 12.0. The minimum Gasteiger partial charge on any atom is -0.0627 e. The average molecular weight is 495 g/mol. The summed E-state index contributed by atoms with van der Waals surface area (Å²) in [5, 5.41) is 0. The molecule has 0 atom stereocenters. The second-order valence-corrected chi connectivity index (χ2v) is 13.1. The Bertz CT molecular complexity index is 1170. The van der Waals surface area contributed by atoms with Crippen molar-refractivity contribution in [2.75, 3.05) is 0 Å². The van der Waals surface area contributed by atoms with Gasteiger partial charge in [-0.25, -0.2) is 0 Å². The van der Waals surface area contributed by atoms with Crippen molar-refractivity contribution in [3.05, 3.63) is 105 Å². The Morgan fingerprint density at radius 1 is 0.784 bits per heavy atom. The summed E-state index contributed by atoms with van der Waals surface area (Å²) in [4.78, 5) is 0. The van der Waals surface area contributed by atoms with E-state index in [2.05, 4.69) is 109 Å². The van der Waals surface area contributed by atoms with Gasteiger partial charge < -0.3 is 0 Å². The van der Waals surface area contributed by atoms with E-state index >= 15 is 0 Å². The first-order chi connectivity index (χ1) is 17.7. The molecule has 0 aliphatic heterocycles. The highest BCUT2D eigenvalue weighted by molar-refractivity contribution is 5.43. The number of hydrogen-bond acceptors (Lipinski definition) is 0. The van der Waals surface area contributed by atoms with Crippen molar-refractivity contribution in [1.82, 2.24) is 0 Å². The van der Waals surface area contributed by atoms with E-state index in [1.165, 1.54) is 65.5 Å². The average Bonchev–Trinajstić information content (AvgIpc) is 2.86. The molecule has 4 rings (SSSR count). The second-order valence-electron chi connectivity index (χ2n) is 13.1. The molecule has 0 unspecified atom stereocenters. The fraction of sp³-hybridized carbons (Fsp3) is 0.514. The summed E-state index contributed by atoms with van der Waals surface area (Å²) >= 11 is 0. The van der Waals surface area contributed by atoms with Gasteiger partial charge >= 0.3 is 0 Å². The first kappa shape index (κ1) is 27.7. The van der Waals surface area contributed by atoms with Crippen molar-refractivity contribution in [2.45, 2.75) is 111 Å². The molecule has 0 radical (unpaired) electrons. The standard InChI is InChI=1S/C37H50/c1-8-30-23-33(31-17-13-27(4)14-18-31)20-19-32(30)21-29-16-15-28(5)35(22-29)24-34-11-9-10-12-36(34)37(6,7)25-26(2)3/h9-12,15-16,19-20,22-23,26-27,31H,8,13-14,17-18,21,24-25H2,1-7H3. The normalized spacial score (nSPS) is 18.4. The fourth-order valence-corrected chi connectivity index (χ4v) is 6.91. The summed E-state index contributed by atoms with van der Waals surface area (Å²) in [5.41, 5.74) is 12.1. The van der Waals surface area contributed by atoms with Crippen LogP contribution in [0.25, 0.3) is 0 Å². The van der Waals surface area contributed by atoms with Crippen LogP contribution >= 0.6 is 0 Å². The zero-order valence-electron chi connectivity index (χ0n) is 24.7. The van der Waals surface area contributed by atoms with Gasteiger partial charge in [-0.3, -0.25) is 0 Å². The van der Waals surface area contributed by atoms with Crippen LogP contribution in [-0.2, 0) is 24.7 Å². The molecule has 0 heterocycles. The van der Waals surface area contributed by atoms with Crippen LogP contribution in [-0.4, -0.2) is 0 Å². The number of benzene rings is 3. The third-order valence-electron chi connectivity index (χ3n) is 8.95. The Kier molecular flexibility index (Phi) is 8.99. The lowest BCUT2D eigenvalue weighted by molar-refractivity contribution is 0.348. The summed E-state index contributed by atoms with van der Waals surface area (Å²) in [7, 11) is 0. The zero-order chi connectivity index (χ0) is 26.6. The van der Waals surface area contributed by atoms with Crippen molar-refractivity contribution in [3.8, 4) is 0 Å². The molecule has 0 bridgehead atoms. The third kappa shape index (κ3) is 6.95. The Morgan fingerprint density at radius 3 is 2.22 bits per heavy atom. The van der Waals surface area contributed by atoms with E-state index in [0.717, 1.165) is 31.1 Å². The van der Waals surface area contributed by atoms with Crippen LogP contribution in [0.5, 0.6) is 0 Å². The zero-order valence-corrected chi connectivity index (χ0v) is 24.7. The van der Waals surface area contributed by atoms with Gasteiger partial charge in [0.25, 0.3) is 0 Å². The monoisotopic (exact) mass is 494 g/mol. The predicted octanol–water partition coefficient (Wildman–Crippen LogP) is 10.4. The van der Waals surface area contributed by atoms with Crippen molar-refractivity contribution in [2.24, 2.45) is 11.8 Å². The Morgan fingerprint density at radius 2 is 1.51 bits per heavy atom. The minimum absolute atomic E-state index is 0.185. The highest BCUT2D eigenvalue weighted by Crippen LogP contribution is 2.37. The fourth-order valence-electron chi connectivity index (χ4n) is 6.91. The lowest BCUT2D eigenvalue weighted by Crippen LogP contribution is -2.21. The number of rotatable bonds is 9. The first-order valence-electron chi connectivity index (χ1n) is 14.9. The molecule has 37 heavy (non-hydrogen) atoms. The van der Waals surface area contributed by atoms with E-state index in [1.54, 1.807) is 11.1 Å². The molecule has 0 aromatic heterocycles. The summed E-state index contributed by atoms with van der Waals surface area (Å²) in [6.45, 7) is 16.5.